The van der Waals surface area contributed by atoms with E-state index < -0.39 is 12.6 Å². The van der Waals surface area contributed by atoms with Gasteiger partial charge in [0.1, 0.15) is 0 Å². The van der Waals surface area contributed by atoms with Crippen molar-refractivity contribution in [3.8, 4) is 0 Å². The van der Waals surface area contributed by atoms with Crippen LogP contribution in [-0.2, 0) is 0 Å². The van der Waals surface area contributed by atoms with Gasteiger partial charge in [0.25, 0.3) is 0 Å². The highest BCUT2D eigenvalue weighted by atomic mass is 32.2. The van der Waals surface area contributed by atoms with Crippen molar-refractivity contribution >= 4 is 11.8 Å². The second-order valence-corrected chi connectivity index (χ2v) is 3.53. The summed E-state index contributed by atoms with van der Waals surface area (Å²) in [7, 11) is 0. The van der Waals surface area contributed by atoms with Crippen molar-refractivity contribution in [1.82, 2.24) is 0 Å². The van der Waals surface area contributed by atoms with Crippen LogP contribution in [0, 0.1) is 0 Å². The molecule has 0 saturated heterocycles. The molecule has 0 aromatic rings. The van der Waals surface area contributed by atoms with Gasteiger partial charge in [0.2, 0.25) is 0 Å². The lowest BCUT2D eigenvalue weighted by Crippen LogP contribution is -2.16. The van der Waals surface area contributed by atoms with Gasteiger partial charge in [0, 0.05) is 5.75 Å². The quantitative estimate of drug-likeness (QED) is 0.684. The average Bonchev–Trinajstić information content (AvgIpc) is 1.85. The average molecular weight is 187 g/mol. The molecular weight excluding hydrogens is 175 g/mol. The van der Waals surface area contributed by atoms with Crippen LogP contribution >= 0.6 is 11.8 Å². The van der Waals surface area contributed by atoms with Gasteiger partial charge in [-0.05, 0) is 6.42 Å². The van der Waals surface area contributed by atoms with E-state index in [1.165, 1.54) is 0 Å². The van der Waals surface area contributed by atoms with Crippen molar-refractivity contribution in [3.63, 3.8) is 0 Å². The molecule has 1 nitrogen and oxygen atoms in total. The summed E-state index contributed by atoms with van der Waals surface area (Å²) in [5, 5.41) is -0.155. The van der Waals surface area contributed by atoms with E-state index in [2.05, 4.69) is 0 Å². The van der Waals surface area contributed by atoms with Crippen molar-refractivity contribution in [1.29, 1.82) is 0 Å². The second kappa shape index (κ2) is 4.87. The molecule has 11 heavy (non-hydrogen) atoms. The standard InChI is InChI=1S/C6H12F3NS/c1-2-5(10)11-4-3-6(7,8)9/h5H,2-4,10H2,1H3/t5-/m1/s1. The SMILES string of the molecule is CC[C@H](N)SCCC(F)(F)F. The van der Waals surface area contributed by atoms with Crippen LogP contribution in [-0.4, -0.2) is 17.3 Å². The minimum Gasteiger partial charge on any atom is -0.319 e. The van der Waals surface area contributed by atoms with Crippen LogP contribution in [0.1, 0.15) is 19.8 Å². The molecule has 0 radical (unpaired) electrons. The van der Waals surface area contributed by atoms with E-state index in [4.69, 9.17) is 5.73 Å². The van der Waals surface area contributed by atoms with E-state index >= 15 is 0 Å². The van der Waals surface area contributed by atoms with Gasteiger partial charge in [0.15, 0.2) is 0 Å². The molecule has 0 unspecified atom stereocenters. The normalized spacial score (nSPS) is 15.0. The third-order valence-corrected chi connectivity index (χ3v) is 2.32. The fraction of sp³-hybridized carbons (Fsp3) is 1.00. The number of nitrogens with two attached hydrogens (primary N) is 1. The maximum Gasteiger partial charge on any atom is 0.389 e. The number of hydrogen-bond acceptors (Lipinski definition) is 2. The summed E-state index contributed by atoms with van der Waals surface area (Å²) in [5.74, 6) is 0.0680. The van der Waals surface area contributed by atoms with Crippen LogP contribution in [0.2, 0.25) is 0 Å². The molecule has 2 N–H and O–H groups in total. The van der Waals surface area contributed by atoms with Crippen LogP contribution < -0.4 is 5.73 Å². The van der Waals surface area contributed by atoms with Crippen molar-refractivity contribution in [2.75, 3.05) is 5.75 Å². The lowest BCUT2D eigenvalue weighted by molar-refractivity contribution is -0.129. The first kappa shape index (κ1) is 11.1. The van der Waals surface area contributed by atoms with E-state index in [0.29, 0.717) is 6.42 Å². The van der Waals surface area contributed by atoms with Crippen LogP contribution in [0.4, 0.5) is 13.2 Å². The predicted octanol–water partition coefficient (Wildman–Crippen LogP) is 2.37. The van der Waals surface area contributed by atoms with Gasteiger partial charge >= 0.3 is 6.18 Å². The van der Waals surface area contributed by atoms with Gasteiger partial charge in [-0.3, -0.25) is 0 Å². The molecule has 0 heterocycles. The van der Waals surface area contributed by atoms with Gasteiger partial charge in [-0.15, -0.1) is 11.8 Å². The molecule has 0 saturated carbocycles. The Morgan fingerprint density at radius 2 is 2.00 bits per heavy atom. The fourth-order valence-corrected chi connectivity index (χ4v) is 1.33. The molecule has 1 atom stereocenters. The van der Waals surface area contributed by atoms with Crippen molar-refractivity contribution in [3.05, 3.63) is 0 Å². The lowest BCUT2D eigenvalue weighted by Gasteiger charge is -2.09. The molecule has 0 aliphatic heterocycles. The third-order valence-electron chi connectivity index (χ3n) is 1.12. The summed E-state index contributed by atoms with van der Waals surface area (Å²) in [6.07, 6.45) is -4.08. The summed E-state index contributed by atoms with van der Waals surface area (Å²) in [5.41, 5.74) is 5.40. The van der Waals surface area contributed by atoms with Crippen LogP contribution in [0.3, 0.4) is 0 Å². The number of hydrogen-bond donors (Lipinski definition) is 1. The number of rotatable bonds is 4. The van der Waals surface area contributed by atoms with Gasteiger partial charge in [0.05, 0.1) is 11.8 Å². The largest absolute Gasteiger partial charge is 0.389 e. The van der Waals surface area contributed by atoms with Crippen molar-refractivity contribution in [2.24, 2.45) is 5.73 Å². The third kappa shape index (κ3) is 8.00. The molecule has 68 valence electrons. The van der Waals surface area contributed by atoms with Crippen molar-refractivity contribution < 1.29 is 13.2 Å². The first-order valence-corrected chi connectivity index (χ1v) is 4.44. The first-order chi connectivity index (χ1) is 4.95. The van der Waals surface area contributed by atoms with Gasteiger partial charge in [-0.25, -0.2) is 0 Å². The summed E-state index contributed by atoms with van der Waals surface area (Å²) in [6, 6.07) is 0. The lowest BCUT2D eigenvalue weighted by atomic mass is 10.5. The van der Waals surface area contributed by atoms with E-state index in [9.17, 15) is 13.2 Å². The smallest absolute Gasteiger partial charge is 0.319 e. The van der Waals surface area contributed by atoms with E-state index in [0.717, 1.165) is 11.8 Å². The Bertz CT molecular complexity index is 104. The Kier molecular flexibility index (Phi) is 4.92. The summed E-state index contributed by atoms with van der Waals surface area (Å²) >= 11 is 1.16. The molecular formula is C6H12F3NS. The summed E-state index contributed by atoms with van der Waals surface area (Å²) in [4.78, 5) is 0. The highest BCUT2D eigenvalue weighted by Gasteiger charge is 2.26. The molecule has 0 bridgehead atoms. The van der Waals surface area contributed by atoms with Crippen LogP contribution in [0.15, 0.2) is 0 Å². The Hall–Kier alpha value is 0.100. The van der Waals surface area contributed by atoms with E-state index in [1.807, 2.05) is 6.92 Å². The minimum atomic E-state index is -4.04. The Balaban J connectivity index is 3.28. The number of alkyl halides is 3. The maximum atomic E-state index is 11.6. The number of halogens is 3. The highest BCUT2D eigenvalue weighted by molar-refractivity contribution is 7.99. The zero-order chi connectivity index (χ0) is 8.91. The van der Waals surface area contributed by atoms with E-state index in [1.54, 1.807) is 0 Å². The monoisotopic (exact) mass is 187 g/mol. The minimum absolute atomic E-state index is 0.0680. The van der Waals surface area contributed by atoms with Gasteiger partial charge in [-0.2, -0.15) is 13.2 Å². The molecule has 0 fully saturated rings. The Labute approximate surface area is 68.5 Å². The van der Waals surface area contributed by atoms with E-state index in [-0.39, 0.29) is 11.1 Å². The molecule has 0 rings (SSSR count). The zero-order valence-corrected chi connectivity index (χ0v) is 7.13. The topological polar surface area (TPSA) is 26.0 Å². The van der Waals surface area contributed by atoms with Crippen molar-refractivity contribution in [2.45, 2.75) is 31.3 Å². The molecule has 0 spiro atoms. The molecule has 5 heteroatoms. The Morgan fingerprint density at radius 1 is 1.45 bits per heavy atom. The fourth-order valence-electron chi connectivity index (χ4n) is 0.444. The summed E-state index contributed by atoms with van der Waals surface area (Å²) < 4.78 is 34.7. The predicted molar refractivity (Wildman–Crippen MR) is 41.4 cm³/mol. The van der Waals surface area contributed by atoms with Crippen LogP contribution in [0.5, 0.6) is 0 Å². The first-order valence-electron chi connectivity index (χ1n) is 3.39. The highest BCUT2D eigenvalue weighted by Crippen LogP contribution is 2.23. The maximum absolute atomic E-state index is 11.6. The van der Waals surface area contributed by atoms with Gasteiger partial charge < -0.3 is 5.73 Å². The summed E-state index contributed by atoms with van der Waals surface area (Å²) in [6.45, 7) is 1.85. The molecule has 0 aliphatic rings. The Morgan fingerprint density at radius 3 is 2.36 bits per heavy atom. The zero-order valence-electron chi connectivity index (χ0n) is 6.32. The molecule has 0 aromatic heterocycles. The molecule has 0 amide bonds. The van der Waals surface area contributed by atoms with Gasteiger partial charge in [-0.1, -0.05) is 6.92 Å². The molecule has 0 aromatic carbocycles. The number of thioether (sulfide) groups is 1. The van der Waals surface area contributed by atoms with Crippen LogP contribution in [0.25, 0.3) is 0 Å². The molecule has 0 aliphatic carbocycles. The second-order valence-electron chi connectivity index (χ2n) is 2.18.